The molecule has 0 bridgehead atoms. The van der Waals surface area contributed by atoms with Crippen LogP contribution in [-0.4, -0.2) is 27.5 Å². The van der Waals surface area contributed by atoms with E-state index in [1.54, 1.807) is 13.0 Å². The summed E-state index contributed by atoms with van der Waals surface area (Å²) in [5.41, 5.74) is -1.99. The monoisotopic (exact) mass is 250 g/mol. The molecule has 0 radical (unpaired) electrons. The van der Waals surface area contributed by atoms with Crippen molar-refractivity contribution in [3.05, 3.63) is 28.3 Å². The van der Waals surface area contributed by atoms with Crippen LogP contribution in [0.4, 0.5) is 5.69 Å². The molecular formula is C10H10N4O4. The molecule has 0 saturated heterocycles. The Kier molecular flexibility index (Phi) is 3.89. The van der Waals surface area contributed by atoms with Gasteiger partial charge in [-0.05, 0) is 13.8 Å². The van der Waals surface area contributed by atoms with E-state index >= 15 is 0 Å². The van der Waals surface area contributed by atoms with E-state index in [1.807, 2.05) is 0 Å². The van der Waals surface area contributed by atoms with Gasteiger partial charge in [0.05, 0.1) is 17.6 Å². The van der Waals surface area contributed by atoms with Gasteiger partial charge in [-0.15, -0.1) is 0 Å². The lowest BCUT2D eigenvalue weighted by atomic mass is 9.92. The fourth-order valence-corrected chi connectivity index (χ4v) is 1.14. The van der Waals surface area contributed by atoms with Crippen LogP contribution in [0.2, 0.25) is 0 Å². The van der Waals surface area contributed by atoms with Gasteiger partial charge in [0.25, 0.3) is 0 Å². The van der Waals surface area contributed by atoms with Gasteiger partial charge >= 0.3 is 11.7 Å². The lowest BCUT2D eigenvalue weighted by Gasteiger charge is -2.17. The third-order valence-corrected chi connectivity index (χ3v) is 2.20. The van der Waals surface area contributed by atoms with Crippen LogP contribution < -0.4 is 0 Å². The van der Waals surface area contributed by atoms with Gasteiger partial charge in [-0.1, -0.05) is 0 Å². The fourth-order valence-electron chi connectivity index (χ4n) is 1.14. The van der Waals surface area contributed by atoms with Crippen molar-refractivity contribution in [3.8, 4) is 6.07 Å². The second-order valence-electron chi connectivity index (χ2n) is 3.48. The maximum absolute atomic E-state index is 11.7. The Morgan fingerprint density at radius 2 is 2.17 bits per heavy atom. The molecule has 0 aromatic carbocycles. The maximum Gasteiger partial charge on any atom is 0.334 e. The van der Waals surface area contributed by atoms with Crippen LogP contribution in [0.15, 0.2) is 12.4 Å². The number of carbonyl (C=O) groups is 1. The minimum atomic E-state index is -1.68. The quantitative estimate of drug-likeness (QED) is 0.438. The van der Waals surface area contributed by atoms with Crippen LogP contribution in [0.1, 0.15) is 19.7 Å². The lowest BCUT2D eigenvalue weighted by Crippen LogP contribution is -2.34. The summed E-state index contributed by atoms with van der Waals surface area (Å²) in [4.78, 5) is 28.8. The van der Waals surface area contributed by atoms with E-state index in [1.165, 1.54) is 6.92 Å². The van der Waals surface area contributed by atoms with E-state index in [2.05, 4.69) is 9.97 Å². The Morgan fingerprint density at radius 1 is 1.61 bits per heavy atom. The second kappa shape index (κ2) is 5.18. The summed E-state index contributed by atoms with van der Waals surface area (Å²) in [6, 6.07) is 1.76. The summed E-state index contributed by atoms with van der Waals surface area (Å²) in [5, 5.41) is 19.5. The van der Waals surface area contributed by atoms with E-state index in [4.69, 9.17) is 10.00 Å². The summed E-state index contributed by atoms with van der Waals surface area (Å²) in [7, 11) is 0. The van der Waals surface area contributed by atoms with Crippen molar-refractivity contribution in [1.29, 1.82) is 5.26 Å². The van der Waals surface area contributed by atoms with Gasteiger partial charge in [-0.2, -0.15) is 5.26 Å². The molecule has 8 heteroatoms. The fraction of sp³-hybridized carbons (Fsp3) is 0.400. The molecule has 1 atom stereocenters. The van der Waals surface area contributed by atoms with Crippen LogP contribution >= 0.6 is 0 Å². The van der Waals surface area contributed by atoms with E-state index in [0.717, 1.165) is 12.4 Å². The number of nitro groups is 1. The lowest BCUT2D eigenvalue weighted by molar-refractivity contribution is -0.385. The van der Waals surface area contributed by atoms with Crippen LogP contribution in [0.3, 0.4) is 0 Å². The third kappa shape index (κ3) is 2.40. The van der Waals surface area contributed by atoms with Gasteiger partial charge in [-0.3, -0.25) is 10.1 Å². The molecule has 18 heavy (non-hydrogen) atoms. The molecular weight excluding hydrogens is 240 g/mol. The Bertz CT molecular complexity index is 508. The maximum atomic E-state index is 11.7. The minimum Gasteiger partial charge on any atom is -0.464 e. The number of rotatable bonds is 4. The number of esters is 1. The molecule has 1 rings (SSSR count). The minimum absolute atomic E-state index is 0.114. The number of aromatic nitrogens is 2. The van der Waals surface area contributed by atoms with Crippen molar-refractivity contribution in [3.63, 3.8) is 0 Å². The standard InChI is InChI=1S/C10H10N4O4/c1-3-18-9(15)10(2,6-11)8-12-4-7(5-13-8)14(16)17/h4-5H,3H2,1-2H3. The number of nitrogens with zero attached hydrogens (tertiary/aromatic N) is 4. The number of hydrogen-bond acceptors (Lipinski definition) is 7. The Morgan fingerprint density at radius 3 is 2.56 bits per heavy atom. The second-order valence-corrected chi connectivity index (χ2v) is 3.48. The number of carbonyl (C=O) groups excluding carboxylic acids is 1. The number of nitriles is 1. The average molecular weight is 250 g/mol. The molecule has 0 fully saturated rings. The number of hydrogen-bond donors (Lipinski definition) is 0. The first-order valence-electron chi connectivity index (χ1n) is 5.01. The molecule has 94 valence electrons. The summed E-state index contributed by atoms with van der Waals surface area (Å²) in [6.45, 7) is 3.02. The SMILES string of the molecule is CCOC(=O)C(C)(C#N)c1ncc([N+](=O)[O-])cn1. The molecule has 0 aliphatic heterocycles. The Hall–Kier alpha value is -2.56. The first-order chi connectivity index (χ1) is 8.45. The number of ether oxygens (including phenoxy) is 1. The molecule has 0 aliphatic rings. The largest absolute Gasteiger partial charge is 0.464 e. The molecule has 1 aromatic heterocycles. The van der Waals surface area contributed by atoms with Crippen LogP contribution in [0.5, 0.6) is 0 Å². The van der Waals surface area contributed by atoms with Crippen molar-refractivity contribution < 1.29 is 14.5 Å². The zero-order chi connectivity index (χ0) is 13.8. The molecule has 1 unspecified atom stereocenters. The molecule has 0 N–H and O–H groups in total. The van der Waals surface area contributed by atoms with Crippen molar-refractivity contribution in [2.45, 2.75) is 19.3 Å². The van der Waals surface area contributed by atoms with E-state index in [9.17, 15) is 14.9 Å². The van der Waals surface area contributed by atoms with E-state index in [0.29, 0.717) is 0 Å². The zero-order valence-corrected chi connectivity index (χ0v) is 9.78. The zero-order valence-electron chi connectivity index (χ0n) is 9.78. The molecule has 0 saturated carbocycles. The highest BCUT2D eigenvalue weighted by Gasteiger charge is 2.40. The van der Waals surface area contributed by atoms with Crippen molar-refractivity contribution >= 4 is 11.7 Å². The van der Waals surface area contributed by atoms with Crippen LogP contribution in [-0.2, 0) is 14.9 Å². The highest BCUT2D eigenvalue weighted by Crippen LogP contribution is 2.22. The van der Waals surface area contributed by atoms with Gasteiger partial charge in [0, 0.05) is 0 Å². The first kappa shape index (κ1) is 13.5. The Labute approximate surface area is 102 Å². The van der Waals surface area contributed by atoms with Crippen molar-refractivity contribution in [1.82, 2.24) is 9.97 Å². The normalized spacial score (nSPS) is 13.2. The molecule has 0 spiro atoms. The van der Waals surface area contributed by atoms with Gasteiger partial charge in [0.2, 0.25) is 5.41 Å². The summed E-state index contributed by atoms with van der Waals surface area (Å²) < 4.78 is 4.75. The van der Waals surface area contributed by atoms with Gasteiger partial charge in [0.15, 0.2) is 5.82 Å². The first-order valence-corrected chi connectivity index (χ1v) is 5.01. The average Bonchev–Trinajstić information content (AvgIpc) is 2.38. The predicted molar refractivity (Wildman–Crippen MR) is 58.3 cm³/mol. The topological polar surface area (TPSA) is 119 Å². The van der Waals surface area contributed by atoms with E-state index < -0.39 is 16.3 Å². The Balaban J connectivity index is 3.13. The highest BCUT2D eigenvalue weighted by molar-refractivity contribution is 5.85. The van der Waals surface area contributed by atoms with Crippen LogP contribution in [0.25, 0.3) is 0 Å². The van der Waals surface area contributed by atoms with E-state index in [-0.39, 0.29) is 18.1 Å². The summed E-state index contributed by atoms with van der Waals surface area (Å²) >= 11 is 0. The predicted octanol–water partition coefficient (Wildman–Crippen LogP) is 0.729. The van der Waals surface area contributed by atoms with Crippen LogP contribution in [0, 0.1) is 21.4 Å². The van der Waals surface area contributed by atoms with Crippen molar-refractivity contribution in [2.24, 2.45) is 0 Å². The summed E-state index contributed by atoms with van der Waals surface area (Å²) in [5.74, 6) is -0.921. The molecule has 0 amide bonds. The molecule has 0 aliphatic carbocycles. The van der Waals surface area contributed by atoms with Gasteiger partial charge < -0.3 is 4.74 Å². The van der Waals surface area contributed by atoms with Gasteiger partial charge in [0.1, 0.15) is 12.4 Å². The van der Waals surface area contributed by atoms with Gasteiger partial charge in [-0.25, -0.2) is 14.8 Å². The van der Waals surface area contributed by atoms with Crippen molar-refractivity contribution in [2.75, 3.05) is 6.61 Å². The highest BCUT2D eigenvalue weighted by atomic mass is 16.6. The third-order valence-electron chi connectivity index (χ3n) is 2.20. The molecule has 1 aromatic rings. The summed E-state index contributed by atoms with van der Waals surface area (Å²) in [6.07, 6.45) is 1.88. The molecule has 1 heterocycles. The smallest absolute Gasteiger partial charge is 0.334 e. The molecule has 8 nitrogen and oxygen atoms in total.